The molecule has 0 radical (unpaired) electrons. The summed E-state index contributed by atoms with van der Waals surface area (Å²) in [5.74, 6) is -0.0404. The molecule has 0 atom stereocenters. The number of aryl methyl sites for hydroxylation is 1. The zero-order valence-electron chi connectivity index (χ0n) is 14.8. The van der Waals surface area contributed by atoms with Gasteiger partial charge in [-0.1, -0.05) is 18.2 Å². The molecule has 0 aliphatic carbocycles. The molecule has 0 heterocycles. The van der Waals surface area contributed by atoms with Crippen LogP contribution in [0.2, 0.25) is 0 Å². The Kier molecular flexibility index (Phi) is 6.68. The average molecular weight is 371 g/mol. The summed E-state index contributed by atoms with van der Waals surface area (Å²) < 4.78 is 5.53. The molecule has 0 saturated heterocycles. The van der Waals surface area contributed by atoms with Gasteiger partial charge in [-0.25, -0.2) is 0 Å². The van der Waals surface area contributed by atoms with Crippen LogP contribution in [0.1, 0.15) is 40.1 Å². The quantitative estimate of drug-likeness (QED) is 0.569. The number of benzene rings is 2. The molecule has 0 unspecified atom stereocenters. The highest BCUT2D eigenvalue weighted by atomic mass is 32.1. The predicted octanol–water partition coefficient (Wildman–Crippen LogP) is 2.73. The Balaban J connectivity index is 1.86. The van der Waals surface area contributed by atoms with Gasteiger partial charge in [0, 0.05) is 11.1 Å². The molecule has 0 saturated carbocycles. The second-order valence-corrected chi connectivity index (χ2v) is 6.28. The van der Waals surface area contributed by atoms with Crippen LogP contribution in [0.5, 0.6) is 5.75 Å². The second kappa shape index (κ2) is 8.96. The van der Waals surface area contributed by atoms with Crippen LogP contribution in [0.4, 0.5) is 0 Å². The lowest BCUT2D eigenvalue weighted by Gasteiger charge is -2.12. The average Bonchev–Trinajstić information content (AvgIpc) is 2.60. The number of nitrogens with one attached hydrogen (secondary N) is 3. The van der Waals surface area contributed by atoms with Gasteiger partial charge in [-0.2, -0.15) is 0 Å². The van der Waals surface area contributed by atoms with Gasteiger partial charge in [0.1, 0.15) is 5.75 Å². The number of carbonyl (C=O) groups excluding carboxylic acids is 2. The molecular weight excluding hydrogens is 350 g/mol. The first kappa shape index (κ1) is 19.4. The molecule has 3 N–H and O–H groups in total. The number of hydrogen-bond acceptors (Lipinski definition) is 4. The summed E-state index contributed by atoms with van der Waals surface area (Å²) in [6.07, 6.45) is 0.0586. The lowest BCUT2D eigenvalue weighted by molar-refractivity contribution is 0.0934. The summed E-state index contributed by atoms with van der Waals surface area (Å²) >= 11 is 5.03. The van der Waals surface area contributed by atoms with Gasteiger partial charge in [-0.15, -0.1) is 0 Å². The molecular formula is C19H21N3O3S. The molecule has 2 rings (SSSR count). The van der Waals surface area contributed by atoms with Crippen molar-refractivity contribution in [2.45, 2.75) is 26.9 Å². The van der Waals surface area contributed by atoms with Crippen LogP contribution in [0.3, 0.4) is 0 Å². The second-order valence-electron chi connectivity index (χ2n) is 5.87. The minimum atomic E-state index is -0.385. The fourth-order valence-corrected chi connectivity index (χ4v) is 2.32. The number of thiocarbonyl (C=S) groups is 1. The highest BCUT2D eigenvalue weighted by Gasteiger charge is 2.11. The smallest absolute Gasteiger partial charge is 0.269 e. The van der Waals surface area contributed by atoms with E-state index in [0.29, 0.717) is 16.9 Å². The van der Waals surface area contributed by atoms with E-state index in [2.05, 4.69) is 16.2 Å². The van der Waals surface area contributed by atoms with Gasteiger partial charge in [0.05, 0.1) is 6.10 Å². The molecule has 2 aromatic carbocycles. The Morgan fingerprint density at radius 1 is 0.962 bits per heavy atom. The highest BCUT2D eigenvalue weighted by Crippen LogP contribution is 2.13. The van der Waals surface area contributed by atoms with Crippen LogP contribution in [0.25, 0.3) is 0 Å². The third kappa shape index (κ3) is 5.56. The lowest BCUT2D eigenvalue weighted by Crippen LogP contribution is -2.48. The van der Waals surface area contributed by atoms with Crippen molar-refractivity contribution in [2.24, 2.45) is 0 Å². The van der Waals surface area contributed by atoms with Crippen LogP contribution < -0.4 is 20.9 Å². The first-order valence-electron chi connectivity index (χ1n) is 8.11. The molecule has 0 aliphatic rings. The van der Waals surface area contributed by atoms with Crippen molar-refractivity contribution in [2.75, 3.05) is 0 Å². The number of ether oxygens (including phenoxy) is 1. The molecule has 2 aromatic rings. The maximum absolute atomic E-state index is 12.2. The molecule has 2 amide bonds. The molecule has 136 valence electrons. The maximum atomic E-state index is 12.2. The van der Waals surface area contributed by atoms with Gasteiger partial charge in [0.2, 0.25) is 0 Å². The predicted molar refractivity (Wildman–Crippen MR) is 104 cm³/mol. The molecule has 0 fully saturated rings. The van der Waals surface area contributed by atoms with E-state index in [1.54, 1.807) is 36.4 Å². The number of amides is 2. The molecule has 6 nitrogen and oxygen atoms in total. The monoisotopic (exact) mass is 371 g/mol. The van der Waals surface area contributed by atoms with Gasteiger partial charge in [-0.3, -0.25) is 25.8 Å². The van der Waals surface area contributed by atoms with Crippen LogP contribution in [-0.2, 0) is 0 Å². The highest BCUT2D eigenvalue weighted by molar-refractivity contribution is 7.80. The van der Waals surface area contributed by atoms with Crippen molar-refractivity contribution < 1.29 is 14.3 Å². The fraction of sp³-hybridized carbons (Fsp3) is 0.211. The van der Waals surface area contributed by atoms with Crippen molar-refractivity contribution in [3.8, 4) is 5.75 Å². The van der Waals surface area contributed by atoms with E-state index in [1.807, 2.05) is 32.9 Å². The SMILES string of the molecule is Cc1ccccc1C(=O)NNC(=S)NC(=O)c1ccc(OC(C)C)cc1. The Morgan fingerprint density at radius 2 is 1.62 bits per heavy atom. The van der Waals surface area contributed by atoms with E-state index in [-0.39, 0.29) is 23.0 Å². The van der Waals surface area contributed by atoms with E-state index in [9.17, 15) is 9.59 Å². The third-order valence-electron chi connectivity index (χ3n) is 3.39. The summed E-state index contributed by atoms with van der Waals surface area (Å²) in [6, 6.07) is 13.9. The Bertz CT molecular complexity index is 804. The number of rotatable bonds is 4. The van der Waals surface area contributed by atoms with Crippen LogP contribution in [-0.4, -0.2) is 23.0 Å². The molecule has 0 bridgehead atoms. The van der Waals surface area contributed by atoms with Crippen molar-refractivity contribution in [3.63, 3.8) is 0 Å². The Morgan fingerprint density at radius 3 is 2.23 bits per heavy atom. The summed E-state index contributed by atoms with van der Waals surface area (Å²) in [5, 5.41) is 2.50. The minimum Gasteiger partial charge on any atom is -0.491 e. The molecule has 0 aliphatic heterocycles. The largest absolute Gasteiger partial charge is 0.491 e. The zero-order valence-corrected chi connectivity index (χ0v) is 15.6. The fourth-order valence-electron chi connectivity index (χ4n) is 2.17. The number of hydrogen-bond donors (Lipinski definition) is 3. The Hall–Kier alpha value is -2.93. The van der Waals surface area contributed by atoms with Gasteiger partial charge in [-0.05, 0) is 68.9 Å². The minimum absolute atomic E-state index is 0.000517. The number of carbonyl (C=O) groups is 2. The molecule has 0 spiro atoms. The summed E-state index contributed by atoms with van der Waals surface area (Å²) in [5.41, 5.74) is 6.77. The Labute approximate surface area is 157 Å². The standard InChI is InChI=1S/C19H21N3O3S/c1-12(2)25-15-10-8-14(9-11-15)17(23)20-19(26)22-21-18(24)16-7-5-4-6-13(16)3/h4-12H,1-3H3,(H,21,24)(H2,20,22,23,26). The zero-order chi connectivity index (χ0) is 19.1. The van der Waals surface area contributed by atoms with E-state index >= 15 is 0 Å². The lowest BCUT2D eigenvalue weighted by atomic mass is 10.1. The van der Waals surface area contributed by atoms with Crippen molar-refractivity contribution in [1.29, 1.82) is 0 Å². The van der Waals surface area contributed by atoms with E-state index in [1.165, 1.54) is 0 Å². The summed E-state index contributed by atoms with van der Waals surface area (Å²) in [7, 11) is 0. The van der Waals surface area contributed by atoms with Crippen molar-refractivity contribution in [1.82, 2.24) is 16.2 Å². The molecule has 0 aromatic heterocycles. The molecule has 26 heavy (non-hydrogen) atoms. The van der Waals surface area contributed by atoms with Gasteiger partial charge >= 0.3 is 0 Å². The number of hydrazine groups is 1. The van der Waals surface area contributed by atoms with E-state index in [4.69, 9.17) is 17.0 Å². The van der Waals surface area contributed by atoms with Crippen molar-refractivity contribution >= 4 is 29.1 Å². The van der Waals surface area contributed by atoms with Gasteiger partial charge < -0.3 is 4.74 Å². The topological polar surface area (TPSA) is 79.5 Å². The first-order valence-corrected chi connectivity index (χ1v) is 8.51. The first-order chi connectivity index (χ1) is 12.4. The van der Waals surface area contributed by atoms with E-state index in [0.717, 1.165) is 5.56 Å². The maximum Gasteiger partial charge on any atom is 0.269 e. The summed E-state index contributed by atoms with van der Waals surface area (Å²) in [6.45, 7) is 5.69. The normalized spacial score (nSPS) is 10.2. The van der Waals surface area contributed by atoms with Crippen molar-refractivity contribution in [3.05, 3.63) is 65.2 Å². The summed E-state index contributed by atoms with van der Waals surface area (Å²) in [4.78, 5) is 24.3. The van der Waals surface area contributed by atoms with Gasteiger partial charge in [0.25, 0.3) is 11.8 Å². The molecule has 7 heteroatoms. The van der Waals surface area contributed by atoms with Crippen LogP contribution in [0.15, 0.2) is 48.5 Å². The van der Waals surface area contributed by atoms with Crippen LogP contribution >= 0.6 is 12.2 Å². The van der Waals surface area contributed by atoms with E-state index < -0.39 is 0 Å². The third-order valence-corrected chi connectivity index (χ3v) is 3.60. The van der Waals surface area contributed by atoms with Crippen LogP contribution in [0, 0.1) is 6.92 Å². The van der Waals surface area contributed by atoms with Gasteiger partial charge in [0.15, 0.2) is 5.11 Å².